The van der Waals surface area contributed by atoms with Gasteiger partial charge in [0.2, 0.25) is 5.91 Å². The van der Waals surface area contributed by atoms with Gasteiger partial charge >= 0.3 is 0 Å². The Hall–Kier alpha value is -2.15. The lowest BCUT2D eigenvalue weighted by Gasteiger charge is -2.07. The fraction of sp³-hybridized carbons (Fsp3) is 0.250. The summed E-state index contributed by atoms with van der Waals surface area (Å²) in [5.41, 5.74) is 5.61. The molecule has 1 rings (SSSR count). The number of carbonyl (C=O) groups excluding carboxylic acids is 1. The van der Waals surface area contributed by atoms with E-state index >= 15 is 0 Å². The van der Waals surface area contributed by atoms with Crippen LogP contribution >= 0.6 is 0 Å². The summed E-state index contributed by atoms with van der Waals surface area (Å²) in [5, 5.41) is 0. The molecule has 4 nitrogen and oxygen atoms in total. The molecule has 0 atom stereocenters. The number of benzene rings is 1. The Morgan fingerprint density at radius 1 is 1.31 bits per heavy atom. The molecule has 0 aliphatic rings. The second-order valence-electron chi connectivity index (χ2n) is 2.98. The highest BCUT2D eigenvalue weighted by atomic mass is 16.5. The van der Waals surface area contributed by atoms with Crippen molar-refractivity contribution in [2.24, 2.45) is 5.73 Å². The van der Waals surface area contributed by atoms with Crippen molar-refractivity contribution in [1.29, 1.82) is 0 Å². The highest BCUT2D eigenvalue weighted by molar-refractivity contribution is 5.76. The molecule has 1 aromatic carbocycles. The lowest BCUT2D eigenvalue weighted by molar-refractivity contribution is -0.117. The SMILES string of the molecule is COc1cccc(OC)c1C#CCC(N)=O. The van der Waals surface area contributed by atoms with Crippen molar-refractivity contribution >= 4 is 5.91 Å². The number of methoxy groups -OCH3 is 2. The summed E-state index contributed by atoms with van der Waals surface area (Å²) in [6.07, 6.45) is 0.0151. The van der Waals surface area contributed by atoms with Gasteiger partial charge in [-0.25, -0.2) is 0 Å². The van der Waals surface area contributed by atoms with Crippen LogP contribution in [-0.4, -0.2) is 20.1 Å². The lowest BCUT2D eigenvalue weighted by atomic mass is 10.1. The average molecular weight is 219 g/mol. The Balaban J connectivity index is 3.07. The first-order valence-electron chi connectivity index (χ1n) is 4.67. The molecular formula is C12H13NO3. The van der Waals surface area contributed by atoms with Gasteiger partial charge in [-0.2, -0.15) is 0 Å². The molecule has 0 aliphatic carbocycles. The average Bonchev–Trinajstić information content (AvgIpc) is 2.28. The van der Waals surface area contributed by atoms with Gasteiger partial charge in [0.1, 0.15) is 17.1 Å². The molecule has 0 radical (unpaired) electrons. The molecule has 0 saturated heterocycles. The van der Waals surface area contributed by atoms with Crippen molar-refractivity contribution in [3.8, 4) is 23.3 Å². The summed E-state index contributed by atoms with van der Waals surface area (Å²) >= 11 is 0. The third-order valence-electron chi connectivity index (χ3n) is 1.90. The zero-order valence-corrected chi connectivity index (χ0v) is 9.24. The topological polar surface area (TPSA) is 61.6 Å². The van der Waals surface area contributed by atoms with Crippen LogP contribution in [-0.2, 0) is 4.79 Å². The maximum absolute atomic E-state index is 10.6. The Kier molecular flexibility index (Phi) is 4.22. The van der Waals surface area contributed by atoms with Gasteiger partial charge in [-0.3, -0.25) is 4.79 Å². The van der Waals surface area contributed by atoms with Crippen LogP contribution in [0, 0.1) is 11.8 Å². The van der Waals surface area contributed by atoms with Gasteiger partial charge in [0.05, 0.1) is 20.6 Å². The monoisotopic (exact) mass is 219 g/mol. The Morgan fingerprint density at radius 2 is 1.88 bits per heavy atom. The van der Waals surface area contributed by atoms with Crippen molar-refractivity contribution in [1.82, 2.24) is 0 Å². The van der Waals surface area contributed by atoms with Crippen molar-refractivity contribution in [2.75, 3.05) is 14.2 Å². The standard InChI is InChI=1S/C12H13NO3/c1-15-10-6-4-7-11(16-2)9(10)5-3-8-12(13)14/h4,6-7H,8H2,1-2H3,(H2,13,14). The Labute approximate surface area is 94.3 Å². The van der Waals surface area contributed by atoms with Gasteiger partial charge in [0.25, 0.3) is 0 Å². The number of rotatable bonds is 3. The molecule has 0 heterocycles. The zero-order valence-electron chi connectivity index (χ0n) is 9.24. The zero-order chi connectivity index (χ0) is 12.0. The molecule has 84 valence electrons. The fourth-order valence-corrected chi connectivity index (χ4v) is 1.19. The number of carbonyl (C=O) groups is 1. The molecular weight excluding hydrogens is 206 g/mol. The van der Waals surface area contributed by atoms with E-state index < -0.39 is 5.91 Å². The minimum absolute atomic E-state index is 0.0151. The van der Waals surface area contributed by atoms with Crippen LogP contribution in [0.2, 0.25) is 0 Å². The largest absolute Gasteiger partial charge is 0.495 e. The normalized spacial score (nSPS) is 8.88. The number of nitrogens with two attached hydrogens (primary N) is 1. The first-order chi connectivity index (χ1) is 7.69. The maximum Gasteiger partial charge on any atom is 0.229 e. The number of primary amides is 1. The molecule has 1 amide bonds. The quantitative estimate of drug-likeness (QED) is 0.769. The predicted octanol–water partition coefficient (Wildman–Crippen LogP) is 0.931. The molecule has 0 aliphatic heterocycles. The number of amides is 1. The van der Waals surface area contributed by atoms with Crippen LogP contribution in [0.15, 0.2) is 18.2 Å². The molecule has 0 fully saturated rings. The maximum atomic E-state index is 10.6. The fourth-order valence-electron chi connectivity index (χ4n) is 1.19. The van der Waals surface area contributed by atoms with Crippen LogP contribution in [0.3, 0.4) is 0 Å². The van der Waals surface area contributed by atoms with Crippen molar-refractivity contribution in [2.45, 2.75) is 6.42 Å². The Bertz CT molecular complexity index is 421. The Morgan fingerprint density at radius 3 is 2.31 bits per heavy atom. The van der Waals surface area contributed by atoms with E-state index in [0.29, 0.717) is 17.1 Å². The minimum atomic E-state index is -0.457. The highest BCUT2D eigenvalue weighted by Crippen LogP contribution is 2.26. The second-order valence-corrected chi connectivity index (χ2v) is 2.98. The van der Waals surface area contributed by atoms with E-state index in [2.05, 4.69) is 11.8 Å². The van der Waals surface area contributed by atoms with Gasteiger partial charge in [0, 0.05) is 0 Å². The third-order valence-corrected chi connectivity index (χ3v) is 1.90. The van der Waals surface area contributed by atoms with Crippen LogP contribution in [0.1, 0.15) is 12.0 Å². The molecule has 2 N–H and O–H groups in total. The van der Waals surface area contributed by atoms with E-state index in [0.717, 1.165) is 0 Å². The molecule has 0 unspecified atom stereocenters. The van der Waals surface area contributed by atoms with E-state index in [1.165, 1.54) is 0 Å². The van der Waals surface area contributed by atoms with E-state index in [9.17, 15) is 4.79 Å². The summed E-state index contributed by atoms with van der Waals surface area (Å²) in [4.78, 5) is 10.6. The first kappa shape index (κ1) is 11.9. The summed E-state index contributed by atoms with van der Waals surface area (Å²) in [5.74, 6) is 6.24. The summed E-state index contributed by atoms with van der Waals surface area (Å²) in [7, 11) is 3.10. The van der Waals surface area contributed by atoms with Crippen LogP contribution in [0.25, 0.3) is 0 Å². The van der Waals surface area contributed by atoms with Gasteiger partial charge in [-0.05, 0) is 12.1 Å². The molecule has 0 bridgehead atoms. The number of hydrogen-bond donors (Lipinski definition) is 1. The lowest BCUT2D eigenvalue weighted by Crippen LogP contribution is -2.08. The highest BCUT2D eigenvalue weighted by Gasteiger charge is 2.06. The van der Waals surface area contributed by atoms with Gasteiger partial charge < -0.3 is 15.2 Å². The smallest absolute Gasteiger partial charge is 0.229 e. The predicted molar refractivity (Wildman–Crippen MR) is 60.2 cm³/mol. The minimum Gasteiger partial charge on any atom is -0.495 e. The first-order valence-corrected chi connectivity index (χ1v) is 4.67. The second kappa shape index (κ2) is 5.66. The summed E-state index contributed by atoms with van der Waals surface area (Å²) in [6.45, 7) is 0. The molecule has 1 aromatic rings. The van der Waals surface area contributed by atoms with E-state index in [1.807, 2.05) is 0 Å². The molecule has 4 heteroatoms. The number of ether oxygens (including phenoxy) is 2. The van der Waals surface area contributed by atoms with Crippen LogP contribution < -0.4 is 15.2 Å². The van der Waals surface area contributed by atoms with Crippen molar-refractivity contribution in [3.63, 3.8) is 0 Å². The summed E-state index contributed by atoms with van der Waals surface area (Å²) < 4.78 is 10.3. The number of hydrogen-bond acceptors (Lipinski definition) is 3. The van der Waals surface area contributed by atoms with E-state index in [1.54, 1.807) is 32.4 Å². The summed E-state index contributed by atoms with van der Waals surface area (Å²) in [6, 6.07) is 5.35. The van der Waals surface area contributed by atoms with Crippen molar-refractivity contribution < 1.29 is 14.3 Å². The van der Waals surface area contributed by atoms with Crippen LogP contribution in [0.5, 0.6) is 11.5 Å². The third kappa shape index (κ3) is 2.92. The van der Waals surface area contributed by atoms with Gasteiger partial charge in [0.15, 0.2) is 0 Å². The van der Waals surface area contributed by atoms with Crippen molar-refractivity contribution in [3.05, 3.63) is 23.8 Å². The van der Waals surface area contributed by atoms with Gasteiger partial charge in [-0.1, -0.05) is 17.9 Å². The van der Waals surface area contributed by atoms with E-state index in [-0.39, 0.29) is 6.42 Å². The molecule has 0 spiro atoms. The molecule has 16 heavy (non-hydrogen) atoms. The molecule has 0 aromatic heterocycles. The van der Waals surface area contributed by atoms with Crippen LogP contribution in [0.4, 0.5) is 0 Å². The van der Waals surface area contributed by atoms with Gasteiger partial charge in [-0.15, -0.1) is 0 Å². The van der Waals surface area contributed by atoms with E-state index in [4.69, 9.17) is 15.2 Å². The molecule has 0 saturated carbocycles.